The number of nitrogens with one attached hydrogen (secondary N) is 2. The number of thiol groups is 1. The van der Waals surface area contributed by atoms with Crippen LogP contribution in [0.2, 0.25) is 0 Å². The summed E-state index contributed by atoms with van der Waals surface area (Å²) in [6.07, 6.45) is -15.7. The molecule has 260 valence electrons. The first kappa shape index (κ1) is 42.2. The molecule has 0 saturated carbocycles. The number of ketones is 2. The highest BCUT2D eigenvalue weighted by Gasteiger charge is 2.37. The third-order valence-corrected chi connectivity index (χ3v) is 7.26. The summed E-state index contributed by atoms with van der Waals surface area (Å²) in [5.41, 5.74) is 0. The summed E-state index contributed by atoms with van der Waals surface area (Å²) in [5.74, 6) is -9.43. The van der Waals surface area contributed by atoms with Crippen molar-refractivity contribution >= 4 is 47.9 Å². The van der Waals surface area contributed by atoms with Gasteiger partial charge in [0, 0.05) is 49.7 Å². The second kappa shape index (κ2) is 21.1. The molecule has 19 heteroatoms. The normalized spacial score (nSPS) is 18.2. The SMILES string of the molecule is CC(=O)C[C@H](CC(=O)C[C@@H](CCC(=O)O)C(=O)N[C@H](CC(=O)N[C@@H](CS)C(=O)O)[C@@H](O)[C@H](O)[C@H](O)CO)[C@@H](O)[C@H](O)[C@H](O)CO. The van der Waals surface area contributed by atoms with Gasteiger partial charge in [-0.05, 0) is 13.3 Å². The Morgan fingerprint density at radius 3 is 1.69 bits per heavy atom. The quantitative estimate of drug-likeness (QED) is 0.0427. The van der Waals surface area contributed by atoms with Gasteiger partial charge in [-0.2, -0.15) is 12.6 Å². The number of aliphatic hydroxyl groups excluding tert-OH is 8. The van der Waals surface area contributed by atoms with Crippen molar-refractivity contribution in [1.29, 1.82) is 0 Å². The van der Waals surface area contributed by atoms with Gasteiger partial charge in [-0.25, -0.2) is 4.79 Å². The highest BCUT2D eigenvalue weighted by atomic mass is 32.1. The standard InChI is InChI=1S/C26H44N2O16S/c1-11(31)4-13(21(38)23(40)17(33)8-29)6-14(32)5-12(2-3-20(36)37)25(42)28-15(22(39)24(41)18(34)9-30)7-19(35)27-16(10-45)26(43)44/h12-13,15-18,21-24,29-30,33-34,38-41,45H,2-10H2,1H3,(H,27,35)(H,28,42)(H,36,37)(H,43,44)/t12-,13-,15-,16+,17-,18-,21-,22-,23-,24-/m1/s1. The van der Waals surface area contributed by atoms with Crippen LogP contribution in [-0.2, 0) is 28.8 Å². The molecule has 0 aliphatic heterocycles. The van der Waals surface area contributed by atoms with Crippen LogP contribution in [0.5, 0.6) is 0 Å². The fourth-order valence-electron chi connectivity index (χ4n) is 4.34. The van der Waals surface area contributed by atoms with Gasteiger partial charge >= 0.3 is 11.9 Å². The predicted molar refractivity (Wildman–Crippen MR) is 154 cm³/mol. The van der Waals surface area contributed by atoms with Gasteiger partial charge in [0.2, 0.25) is 11.8 Å². The van der Waals surface area contributed by atoms with Gasteiger partial charge in [0.1, 0.15) is 48.1 Å². The number of carboxylic acid groups (broad SMARTS) is 2. The van der Waals surface area contributed by atoms with E-state index in [1.165, 1.54) is 0 Å². The topological polar surface area (TPSA) is 329 Å². The summed E-state index contributed by atoms with van der Waals surface area (Å²) in [7, 11) is 0. The summed E-state index contributed by atoms with van der Waals surface area (Å²) in [5, 5.41) is 101. The summed E-state index contributed by atoms with van der Waals surface area (Å²) >= 11 is 3.80. The Morgan fingerprint density at radius 1 is 0.711 bits per heavy atom. The van der Waals surface area contributed by atoms with E-state index >= 15 is 0 Å². The van der Waals surface area contributed by atoms with E-state index in [1.54, 1.807) is 0 Å². The molecule has 0 saturated heterocycles. The van der Waals surface area contributed by atoms with E-state index in [1.807, 2.05) is 0 Å². The van der Waals surface area contributed by atoms with Crippen molar-refractivity contribution in [1.82, 2.24) is 10.6 Å². The zero-order chi connectivity index (χ0) is 35.0. The number of hydrogen-bond donors (Lipinski definition) is 13. The van der Waals surface area contributed by atoms with E-state index in [0.717, 1.165) is 6.92 Å². The number of carbonyl (C=O) groups excluding carboxylic acids is 4. The van der Waals surface area contributed by atoms with Crippen LogP contribution >= 0.6 is 12.6 Å². The number of hydrogen-bond acceptors (Lipinski definition) is 15. The number of carboxylic acids is 2. The highest BCUT2D eigenvalue weighted by Crippen LogP contribution is 2.23. The lowest BCUT2D eigenvalue weighted by Gasteiger charge is -2.31. The van der Waals surface area contributed by atoms with Gasteiger partial charge in [-0.3, -0.25) is 19.2 Å². The van der Waals surface area contributed by atoms with E-state index in [0.29, 0.717) is 0 Å². The molecule has 0 unspecified atom stereocenters. The summed E-state index contributed by atoms with van der Waals surface area (Å²) in [6, 6.07) is -3.26. The van der Waals surface area contributed by atoms with Crippen LogP contribution < -0.4 is 10.6 Å². The average Bonchev–Trinajstić information content (AvgIpc) is 2.97. The predicted octanol–water partition coefficient (Wildman–Crippen LogP) is -5.06. The summed E-state index contributed by atoms with van der Waals surface area (Å²) in [4.78, 5) is 73.0. The van der Waals surface area contributed by atoms with Crippen molar-refractivity contribution in [2.24, 2.45) is 11.8 Å². The molecule has 18 nitrogen and oxygen atoms in total. The van der Waals surface area contributed by atoms with Gasteiger partial charge < -0.3 is 66.5 Å². The van der Waals surface area contributed by atoms with Gasteiger partial charge in [-0.1, -0.05) is 0 Å². The van der Waals surface area contributed by atoms with Gasteiger partial charge in [-0.15, -0.1) is 0 Å². The van der Waals surface area contributed by atoms with Crippen LogP contribution in [0.3, 0.4) is 0 Å². The lowest BCUT2D eigenvalue weighted by atomic mass is 9.84. The van der Waals surface area contributed by atoms with Crippen molar-refractivity contribution in [3.8, 4) is 0 Å². The van der Waals surface area contributed by atoms with Gasteiger partial charge in [0.25, 0.3) is 0 Å². The zero-order valence-electron chi connectivity index (χ0n) is 24.5. The van der Waals surface area contributed by atoms with Crippen LogP contribution in [0.25, 0.3) is 0 Å². The largest absolute Gasteiger partial charge is 0.481 e. The zero-order valence-corrected chi connectivity index (χ0v) is 25.4. The molecule has 0 aromatic heterocycles. The molecular formula is C26H44N2O16S. The molecule has 12 N–H and O–H groups in total. The van der Waals surface area contributed by atoms with E-state index in [9.17, 15) is 59.4 Å². The number of Topliss-reactive ketones (excluding diaryl/α,β-unsaturated/α-hetero) is 2. The third-order valence-electron chi connectivity index (χ3n) is 6.90. The first-order valence-corrected chi connectivity index (χ1v) is 14.5. The third kappa shape index (κ3) is 15.4. The Hall–Kier alpha value is -2.75. The number of aliphatic hydroxyl groups is 8. The Bertz CT molecular complexity index is 1000. The highest BCUT2D eigenvalue weighted by molar-refractivity contribution is 7.80. The molecule has 0 aliphatic rings. The van der Waals surface area contributed by atoms with Crippen molar-refractivity contribution in [3.05, 3.63) is 0 Å². The summed E-state index contributed by atoms with van der Waals surface area (Å²) < 4.78 is 0. The number of aliphatic carboxylic acids is 2. The number of rotatable bonds is 24. The lowest BCUT2D eigenvalue weighted by molar-refractivity contribution is -0.142. The minimum Gasteiger partial charge on any atom is -0.481 e. The Balaban J connectivity index is 6.12. The fourth-order valence-corrected chi connectivity index (χ4v) is 4.59. The first-order chi connectivity index (χ1) is 20.9. The molecule has 10 atom stereocenters. The van der Waals surface area contributed by atoms with Crippen molar-refractivity contribution in [2.75, 3.05) is 19.0 Å². The van der Waals surface area contributed by atoms with E-state index in [4.69, 9.17) is 20.4 Å². The molecule has 0 heterocycles. The second-order valence-electron chi connectivity index (χ2n) is 10.7. The van der Waals surface area contributed by atoms with Crippen molar-refractivity contribution < 1.29 is 79.8 Å². The van der Waals surface area contributed by atoms with Crippen LogP contribution in [-0.4, -0.2) is 154 Å². The maximum Gasteiger partial charge on any atom is 0.327 e. The fraction of sp³-hybridized carbons (Fsp3) is 0.769. The number of amides is 2. The first-order valence-electron chi connectivity index (χ1n) is 13.9. The monoisotopic (exact) mass is 672 g/mol. The molecule has 0 radical (unpaired) electrons. The molecule has 45 heavy (non-hydrogen) atoms. The molecule has 0 spiro atoms. The van der Waals surface area contributed by atoms with E-state index in [-0.39, 0.29) is 5.75 Å². The van der Waals surface area contributed by atoms with Gasteiger partial charge in [0.15, 0.2) is 0 Å². The number of carbonyl (C=O) groups is 6. The minimum atomic E-state index is -2.15. The van der Waals surface area contributed by atoms with Crippen molar-refractivity contribution in [3.63, 3.8) is 0 Å². The molecule has 2 amide bonds. The van der Waals surface area contributed by atoms with Gasteiger partial charge in [0.05, 0.1) is 25.4 Å². The van der Waals surface area contributed by atoms with Crippen LogP contribution in [0, 0.1) is 11.8 Å². The molecule has 0 aromatic carbocycles. The van der Waals surface area contributed by atoms with Crippen LogP contribution in [0.4, 0.5) is 0 Å². The Labute approximate surface area is 263 Å². The molecule has 0 aromatic rings. The minimum absolute atomic E-state index is 0.346. The molecule has 0 rings (SSSR count). The molecule has 0 fully saturated rings. The molecular weight excluding hydrogens is 628 g/mol. The summed E-state index contributed by atoms with van der Waals surface area (Å²) in [6.45, 7) is -0.864. The van der Waals surface area contributed by atoms with E-state index in [2.05, 4.69) is 23.3 Å². The molecule has 0 aliphatic carbocycles. The lowest BCUT2D eigenvalue weighted by Crippen LogP contribution is -2.56. The average molecular weight is 673 g/mol. The Morgan fingerprint density at radius 2 is 1.24 bits per heavy atom. The Kier molecular flexibility index (Phi) is 19.8. The second-order valence-corrected chi connectivity index (χ2v) is 11.0. The van der Waals surface area contributed by atoms with Crippen molar-refractivity contribution in [2.45, 2.75) is 94.2 Å². The van der Waals surface area contributed by atoms with E-state index < -0.39 is 148 Å². The molecule has 0 bridgehead atoms. The maximum absolute atomic E-state index is 13.3. The van der Waals surface area contributed by atoms with Crippen LogP contribution in [0.1, 0.15) is 45.4 Å². The smallest absolute Gasteiger partial charge is 0.327 e. The maximum atomic E-state index is 13.3. The van der Waals surface area contributed by atoms with Crippen LogP contribution in [0.15, 0.2) is 0 Å².